The van der Waals surface area contributed by atoms with Gasteiger partial charge in [0.05, 0.1) is 35.4 Å². The molecule has 2 saturated heterocycles. The highest BCUT2D eigenvalue weighted by Crippen LogP contribution is 2.64. The zero-order valence-electron chi connectivity index (χ0n) is 22.9. The minimum atomic E-state index is -1.20. The molecule has 8 heteroatoms. The zero-order valence-corrected chi connectivity index (χ0v) is 24.5. The van der Waals surface area contributed by atoms with Gasteiger partial charge in [0, 0.05) is 16.0 Å². The Bertz CT molecular complexity index is 1670. The van der Waals surface area contributed by atoms with Crippen LogP contribution < -0.4 is 4.90 Å². The van der Waals surface area contributed by atoms with Crippen molar-refractivity contribution in [3.63, 3.8) is 0 Å². The predicted molar refractivity (Wildman–Crippen MR) is 159 cm³/mol. The van der Waals surface area contributed by atoms with E-state index in [1.165, 1.54) is 9.80 Å². The van der Waals surface area contributed by atoms with Crippen LogP contribution in [-0.2, 0) is 25.7 Å². The standard InChI is InChI=1S/C34H29BrN2O5/c1-34-26(31(40)37(33(34)42)21-10-6-3-7-11-21)17-24-22(29(34)25-16-20(35)12-15-27(25)38)13-14-23-28(24)32(41)36(30(23)39)18-19-8-4-2-5-9-19/h2-13,15-16,23-24,26,28-29,38H,14,17-18H2,1H3. The van der Waals surface area contributed by atoms with E-state index >= 15 is 0 Å². The SMILES string of the molecule is CC12C(=O)N(c3ccccc3)C(=O)C1CC1C(=CCC3C(=O)N(Cc4ccccc4)C(=O)C31)C2c1cc(Br)ccc1O. The molecule has 1 N–H and O–H groups in total. The quantitative estimate of drug-likeness (QED) is 0.302. The van der Waals surface area contributed by atoms with Gasteiger partial charge in [0.25, 0.3) is 0 Å². The lowest BCUT2D eigenvalue weighted by Gasteiger charge is -2.49. The summed E-state index contributed by atoms with van der Waals surface area (Å²) in [6.45, 7) is 2.02. The highest BCUT2D eigenvalue weighted by Gasteiger charge is 2.67. The summed E-state index contributed by atoms with van der Waals surface area (Å²) in [6.07, 6.45) is 2.64. The Morgan fingerprint density at radius 1 is 0.881 bits per heavy atom. The van der Waals surface area contributed by atoms with Gasteiger partial charge in [0.1, 0.15) is 5.75 Å². The molecular weight excluding hydrogens is 596 g/mol. The molecule has 0 bridgehead atoms. The fourth-order valence-corrected chi connectivity index (χ4v) is 8.30. The number of hydrogen-bond donors (Lipinski definition) is 1. The lowest BCUT2D eigenvalue weighted by Crippen LogP contribution is -2.48. The zero-order chi connectivity index (χ0) is 29.3. The number of rotatable bonds is 4. The molecule has 1 saturated carbocycles. The fraction of sp³-hybridized carbons (Fsp3) is 0.294. The average molecular weight is 626 g/mol. The van der Waals surface area contributed by atoms with Crippen molar-refractivity contribution in [1.82, 2.24) is 4.90 Å². The van der Waals surface area contributed by atoms with Gasteiger partial charge < -0.3 is 5.11 Å². The number of carbonyl (C=O) groups is 4. The van der Waals surface area contributed by atoms with E-state index in [0.29, 0.717) is 17.7 Å². The van der Waals surface area contributed by atoms with Crippen LogP contribution in [0.4, 0.5) is 5.69 Å². The highest BCUT2D eigenvalue weighted by atomic mass is 79.9. The summed E-state index contributed by atoms with van der Waals surface area (Å²) in [4.78, 5) is 58.8. The second kappa shape index (κ2) is 9.76. The van der Waals surface area contributed by atoms with Crippen LogP contribution >= 0.6 is 15.9 Å². The van der Waals surface area contributed by atoms with Crippen LogP contribution in [0.25, 0.3) is 0 Å². The molecule has 42 heavy (non-hydrogen) atoms. The van der Waals surface area contributed by atoms with Gasteiger partial charge in [-0.15, -0.1) is 0 Å². The molecule has 4 aliphatic rings. The molecule has 2 heterocycles. The van der Waals surface area contributed by atoms with Crippen LogP contribution in [0.1, 0.15) is 36.8 Å². The molecule has 212 valence electrons. The first-order valence-corrected chi connectivity index (χ1v) is 15.0. The number of anilines is 1. The van der Waals surface area contributed by atoms with Gasteiger partial charge in [-0.2, -0.15) is 0 Å². The maximum Gasteiger partial charge on any atom is 0.241 e. The van der Waals surface area contributed by atoms with E-state index in [-0.39, 0.29) is 42.3 Å². The molecule has 0 radical (unpaired) electrons. The number of benzene rings is 3. The van der Waals surface area contributed by atoms with E-state index < -0.39 is 35.0 Å². The number of fused-ring (bicyclic) bond motifs is 4. The molecule has 4 amide bonds. The summed E-state index contributed by atoms with van der Waals surface area (Å²) in [5, 5.41) is 11.1. The molecular formula is C34H29BrN2O5. The first-order chi connectivity index (χ1) is 20.2. The second-order valence-electron chi connectivity index (χ2n) is 11.9. The number of phenols is 1. The van der Waals surface area contributed by atoms with E-state index in [4.69, 9.17) is 0 Å². The van der Waals surface area contributed by atoms with Gasteiger partial charge in [-0.25, -0.2) is 4.90 Å². The van der Waals surface area contributed by atoms with Gasteiger partial charge in [-0.3, -0.25) is 24.1 Å². The van der Waals surface area contributed by atoms with Crippen LogP contribution in [0.2, 0.25) is 0 Å². The Balaban J connectivity index is 1.35. The van der Waals surface area contributed by atoms with Crippen LogP contribution in [0.3, 0.4) is 0 Å². The number of nitrogens with zero attached hydrogens (tertiary/aromatic N) is 2. The van der Waals surface area contributed by atoms with E-state index in [9.17, 15) is 24.3 Å². The van der Waals surface area contributed by atoms with Crippen molar-refractivity contribution in [3.05, 3.63) is 106 Å². The van der Waals surface area contributed by atoms with E-state index in [1.54, 1.807) is 42.5 Å². The van der Waals surface area contributed by atoms with Crippen molar-refractivity contribution in [2.75, 3.05) is 4.90 Å². The summed E-state index contributed by atoms with van der Waals surface area (Å²) < 4.78 is 0.727. The van der Waals surface area contributed by atoms with Gasteiger partial charge in [-0.1, -0.05) is 76.1 Å². The van der Waals surface area contributed by atoms with Crippen molar-refractivity contribution < 1.29 is 24.3 Å². The second-order valence-corrected chi connectivity index (χ2v) is 12.9. The molecule has 0 aromatic heterocycles. The molecule has 0 spiro atoms. The van der Waals surface area contributed by atoms with Crippen LogP contribution in [0.15, 0.2) is 95.0 Å². The van der Waals surface area contributed by atoms with Crippen molar-refractivity contribution in [2.45, 2.75) is 32.2 Å². The first kappa shape index (κ1) is 26.8. The third-order valence-corrected chi connectivity index (χ3v) is 10.4. The van der Waals surface area contributed by atoms with E-state index in [2.05, 4.69) is 15.9 Å². The van der Waals surface area contributed by atoms with E-state index in [1.807, 2.05) is 49.4 Å². The monoisotopic (exact) mass is 624 g/mol. The number of likely N-dealkylation sites (tertiary alicyclic amines) is 1. The molecule has 3 aromatic rings. The Hall–Kier alpha value is -4.04. The number of allylic oxidation sites excluding steroid dienone is 2. The molecule has 2 aliphatic heterocycles. The first-order valence-electron chi connectivity index (χ1n) is 14.2. The maximum atomic E-state index is 14.4. The van der Waals surface area contributed by atoms with Crippen molar-refractivity contribution in [3.8, 4) is 5.75 Å². The third kappa shape index (κ3) is 3.77. The fourth-order valence-electron chi connectivity index (χ4n) is 7.93. The highest BCUT2D eigenvalue weighted by molar-refractivity contribution is 9.10. The number of phenolic OH excluding ortho intramolecular Hbond substituents is 1. The summed E-state index contributed by atoms with van der Waals surface area (Å²) in [5.74, 6) is -4.01. The number of amides is 4. The van der Waals surface area contributed by atoms with Gasteiger partial charge in [0.15, 0.2) is 0 Å². The van der Waals surface area contributed by atoms with Crippen LogP contribution in [-0.4, -0.2) is 33.6 Å². The lowest BCUT2D eigenvalue weighted by atomic mass is 9.51. The maximum absolute atomic E-state index is 14.4. The molecule has 6 atom stereocenters. The summed E-state index contributed by atoms with van der Waals surface area (Å²) in [5.41, 5.74) is 1.54. The van der Waals surface area contributed by atoms with Crippen LogP contribution in [0, 0.1) is 29.1 Å². The Labute approximate surface area is 251 Å². The van der Waals surface area contributed by atoms with Crippen molar-refractivity contribution in [2.24, 2.45) is 29.1 Å². The average Bonchev–Trinajstić information content (AvgIpc) is 3.35. The van der Waals surface area contributed by atoms with Crippen molar-refractivity contribution in [1.29, 1.82) is 0 Å². The number of aromatic hydroxyl groups is 1. The van der Waals surface area contributed by atoms with Gasteiger partial charge >= 0.3 is 0 Å². The summed E-state index contributed by atoms with van der Waals surface area (Å²) in [6, 6.07) is 23.4. The number of carbonyl (C=O) groups excluding carboxylic acids is 4. The topological polar surface area (TPSA) is 95.0 Å². The molecule has 7 nitrogen and oxygen atoms in total. The summed E-state index contributed by atoms with van der Waals surface area (Å²) in [7, 11) is 0. The lowest BCUT2D eigenvalue weighted by molar-refractivity contribution is -0.141. The van der Waals surface area contributed by atoms with Crippen LogP contribution in [0.5, 0.6) is 5.75 Å². The Morgan fingerprint density at radius 3 is 2.29 bits per heavy atom. The number of halogens is 1. The third-order valence-electron chi connectivity index (χ3n) is 9.86. The van der Waals surface area contributed by atoms with Crippen molar-refractivity contribution >= 4 is 45.2 Å². The largest absolute Gasteiger partial charge is 0.508 e. The van der Waals surface area contributed by atoms with Gasteiger partial charge in [-0.05, 0) is 61.6 Å². The normalized spacial score (nSPS) is 30.2. The Kier molecular flexibility index (Phi) is 6.24. The number of imide groups is 2. The number of hydrogen-bond acceptors (Lipinski definition) is 5. The minimum absolute atomic E-state index is 0.0183. The molecule has 3 aromatic carbocycles. The van der Waals surface area contributed by atoms with Gasteiger partial charge in [0.2, 0.25) is 23.6 Å². The van der Waals surface area contributed by atoms with E-state index in [0.717, 1.165) is 15.6 Å². The molecule has 7 rings (SSSR count). The molecule has 3 fully saturated rings. The Morgan fingerprint density at radius 2 is 1.57 bits per heavy atom. The predicted octanol–water partition coefficient (Wildman–Crippen LogP) is 5.59. The summed E-state index contributed by atoms with van der Waals surface area (Å²) >= 11 is 3.52. The minimum Gasteiger partial charge on any atom is -0.508 e. The molecule has 6 unspecified atom stereocenters. The number of para-hydroxylation sites is 1. The molecule has 2 aliphatic carbocycles. The smallest absolute Gasteiger partial charge is 0.241 e.